The van der Waals surface area contributed by atoms with E-state index in [2.05, 4.69) is 5.16 Å². The molecular weight excluding hydrogens is 252 g/mol. The molecule has 1 saturated heterocycles. The third-order valence-corrected chi connectivity index (χ3v) is 4.04. The number of carbonyl (C=O) groups is 1. The summed E-state index contributed by atoms with van der Waals surface area (Å²) in [6, 6.07) is 5.15. The van der Waals surface area contributed by atoms with Gasteiger partial charge in [0.25, 0.3) is 5.91 Å². The summed E-state index contributed by atoms with van der Waals surface area (Å²) in [7, 11) is 0. The van der Waals surface area contributed by atoms with Crippen LogP contribution < -0.4 is 0 Å². The molecule has 0 N–H and O–H groups in total. The summed E-state index contributed by atoms with van der Waals surface area (Å²) in [5.74, 6) is 1.93. The number of rotatable bonds is 2. The molecule has 18 heavy (non-hydrogen) atoms. The number of hydrogen-bond donors (Lipinski definition) is 0. The lowest BCUT2D eigenvalue weighted by Crippen LogP contribution is -2.33. The smallest absolute Gasteiger partial charge is 0.276 e. The van der Waals surface area contributed by atoms with Crippen molar-refractivity contribution in [3.05, 3.63) is 30.2 Å². The molecule has 1 aliphatic rings. The highest BCUT2D eigenvalue weighted by Crippen LogP contribution is 2.26. The Morgan fingerprint density at radius 2 is 2.44 bits per heavy atom. The minimum atomic E-state index is -0.0888. The van der Waals surface area contributed by atoms with E-state index in [0.29, 0.717) is 17.2 Å². The number of aromatic nitrogens is 1. The van der Waals surface area contributed by atoms with Crippen molar-refractivity contribution < 1.29 is 13.7 Å². The first-order valence-electron chi connectivity index (χ1n) is 5.69. The zero-order chi connectivity index (χ0) is 12.5. The lowest BCUT2D eigenvalue weighted by Gasteiger charge is -2.18. The van der Waals surface area contributed by atoms with Gasteiger partial charge in [-0.15, -0.1) is 11.8 Å². The molecule has 0 radical (unpaired) electrons. The van der Waals surface area contributed by atoms with Gasteiger partial charge in [0, 0.05) is 18.4 Å². The molecule has 2 aromatic rings. The van der Waals surface area contributed by atoms with E-state index < -0.39 is 0 Å². The number of furan rings is 1. The summed E-state index contributed by atoms with van der Waals surface area (Å²) in [6.45, 7) is 2.77. The van der Waals surface area contributed by atoms with Crippen molar-refractivity contribution in [2.75, 3.05) is 12.3 Å². The number of carbonyl (C=O) groups excluding carboxylic acids is 1. The number of hydrogen-bond acceptors (Lipinski definition) is 5. The Balaban J connectivity index is 1.83. The van der Waals surface area contributed by atoms with Crippen molar-refractivity contribution in [1.82, 2.24) is 10.1 Å². The lowest BCUT2D eigenvalue weighted by molar-refractivity contribution is 0.0758. The van der Waals surface area contributed by atoms with Gasteiger partial charge in [0.1, 0.15) is 0 Å². The zero-order valence-corrected chi connectivity index (χ0v) is 10.6. The van der Waals surface area contributed by atoms with Crippen molar-refractivity contribution >= 4 is 17.7 Å². The van der Waals surface area contributed by atoms with Crippen LogP contribution in [0.4, 0.5) is 0 Å². The molecule has 1 unspecified atom stereocenters. The van der Waals surface area contributed by atoms with Gasteiger partial charge in [0.2, 0.25) is 5.76 Å². The third kappa shape index (κ3) is 1.92. The molecule has 0 aromatic carbocycles. The van der Waals surface area contributed by atoms with Crippen LogP contribution >= 0.6 is 11.8 Å². The molecule has 3 rings (SSSR count). The van der Waals surface area contributed by atoms with Crippen molar-refractivity contribution in [3.8, 4) is 11.5 Å². The lowest BCUT2D eigenvalue weighted by atomic mass is 10.3. The van der Waals surface area contributed by atoms with Gasteiger partial charge >= 0.3 is 0 Å². The fraction of sp³-hybridized carbons (Fsp3) is 0.333. The maximum atomic E-state index is 12.2. The summed E-state index contributed by atoms with van der Waals surface area (Å²) < 4.78 is 10.3. The zero-order valence-electron chi connectivity index (χ0n) is 9.83. The Kier molecular flexibility index (Phi) is 2.87. The van der Waals surface area contributed by atoms with Crippen LogP contribution in [0, 0.1) is 0 Å². The van der Waals surface area contributed by atoms with Gasteiger partial charge in [-0.2, -0.15) is 0 Å². The van der Waals surface area contributed by atoms with E-state index in [9.17, 15) is 4.79 Å². The first kappa shape index (κ1) is 11.4. The summed E-state index contributed by atoms with van der Waals surface area (Å²) in [6.07, 6.45) is 1.55. The molecule has 94 valence electrons. The van der Waals surface area contributed by atoms with E-state index in [4.69, 9.17) is 8.94 Å². The van der Waals surface area contributed by atoms with Crippen molar-refractivity contribution in [1.29, 1.82) is 0 Å². The number of thioether (sulfide) groups is 1. The Hall–Kier alpha value is -1.69. The topological polar surface area (TPSA) is 59.5 Å². The maximum absolute atomic E-state index is 12.2. The molecule has 5 nitrogen and oxygen atoms in total. The molecule has 0 saturated carbocycles. The van der Waals surface area contributed by atoms with Gasteiger partial charge in [-0.1, -0.05) is 5.16 Å². The van der Waals surface area contributed by atoms with E-state index in [1.54, 1.807) is 41.1 Å². The van der Waals surface area contributed by atoms with Gasteiger partial charge in [0.05, 0.1) is 11.6 Å². The molecule has 1 aliphatic heterocycles. The van der Waals surface area contributed by atoms with Gasteiger partial charge < -0.3 is 13.8 Å². The standard InChI is InChI=1S/C12H12N2O3S/c1-8-14(4-6-18-8)12(15)9-7-11(17-13-9)10-3-2-5-16-10/h2-3,5,7-8H,4,6H2,1H3. The quantitative estimate of drug-likeness (QED) is 0.834. The van der Waals surface area contributed by atoms with Gasteiger partial charge in [0.15, 0.2) is 11.5 Å². The fourth-order valence-corrected chi connectivity index (χ4v) is 2.94. The predicted molar refractivity (Wildman–Crippen MR) is 67.2 cm³/mol. The Labute approximate surface area is 108 Å². The number of nitrogens with zero attached hydrogens (tertiary/aromatic N) is 2. The molecule has 0 spiro atoms. The van der Waals surface area contributed by atoms with Gasteiger partial charge in [-0.3, -0.25) is 4.79 Å². The second kappa shape index (κ2) is 4.53. The van der Waals surface area contributed by atoms with E-state index in [1.807, 2.05) is 6.92 Å². The molecule has 1 atom stereocenters. The normalized spacial score (nSPS) is 19.4. The molecule has 0 aliphatic carbocycles. The second-order valence-corrected chi connectivity index (χ2v) is 5.45. The van der Waals surface area contributed by atoms with Crippen LogP contribution in [0.3, 0.4) is 0 Å². The molecular formula is C12H12N2O3S. The Morgan fingerprint density at radius 1 is 1.56 bits per heavy atom. The average Bonchev–Trinajstić information content (AvgIpc) is 3.09. The van der Waals surface area contributed by atoms with Crippen LogP contribution in [-0.4, -0.2) is 33.6 Å². The number of amides is 1. The van der Waals surface area contributed by atoms with Crippen LogP contribution in [0.15, 0.2) is 33.4 Å². The first-order valence-corrected chi connectivity index (χ1v) is 6.74. The summed E-state index contributed by atoms with van der Waals surface area (Å²) >= 11 is 1.76. The predicted octanol–water partition coefficient (Wildman–Crippen LogP) is 2.47. The highest BCUT2D eigenvalue weighted by Gasteiger charge is 2.28. The summed E-state index contributed by atoms with van der Waals surface area (Å²) in [5, 5.41) is 4.01. The fourth-order valence-electron chi connectivity index (χ4n) is 1.92. The Morgan fingerprint density at radius 3 is 3.11 bits per heavy atom. The highest BCUT2D eigenvalue weighted by molar-refractivity contribution is 8.00. The van der Waals surface area contributed by atoms with Crippen LogP contribution in [0.5, 0.6) is 0 Å². The maximum Gasteiger partial charge on any atom is 0.276 e. The minimum Gasteiger partial charge on any atom is -0.461 e. The van der Waals surface area contributed by atoms with Gasteiger partial charge in [-0.25, -0.2) is 0 Å². The average molecular weight is 264 g/mol. The van der Waals surface area contributed by atoms with Crippen molar-refractivity contribution in [3.63, 3.8) is 0 Å². The third-order valence-electron chi connectivity index (χ3n) is 2.88. The molecule has 1 amide bonds. The van der Waals surface area contributed by atoms with Crippen LogP contribution in [0.1, 0.15) is 17.4 Å². The molecule has 0 bridgehead atoms. The molecule has 1 fully saturated rings. The minimum absolute atomic E-state index is 0.0888. The van der Waals surface area contributed by atoms with E-state index in [0.717, 1.165) is 12.3 Å². The van der Waals surface area contributed by atoms with Crippen molar-refractivity contribution in [2.24, 2.45) is 0 Å². The first-order chi connectivity index (χ1) is 8.75. The van der Waals surface area contributed by atoms with E-state index >= 15 is 0 Å². The summed E-state index contributed by atoms with van der Waals surface area (Å²) in [5.41, 5.74) is 0.329. The van der Waals surface area contributed by atoms with Crippen LogP contribution in [0.2, 0.25) is 0 Å². The Bertz CT molecular complexity index is 549. The molecule has 3 heterocycles. The highest BCUT2D eigenvalue weighted by atomic mass is 32.2. The van der Waals surface area contributed by atoms with E-state index in [1.165, 1.54) is 0 Å². The molecule has 2 aromatic heterocycles. The second-order valence-electron chi connectivity index (χ2n) is 4.02. The van der Waals surface area contributed by atoms with Crippen LogP contribution in [0.25, 0.3) is 11.5 Å². The van der Waals surface area contributed by atoms with Crippen LogP contribution in [-0.2, 0) is 0 Å². The largest absolute Gasteiger partial charge is 0.461 e. The van der Waals surface area contributed by atoms with E-state index in [-0.39, 0.29) is 11.3 Å². The monoisotopic (exact) mass is 264 g/mol. The summed E-state index contributed by atoms with van der Waals surface area (Å²) in [4.78, 5) is 14.0. The van der Waals surface area contributed by atoms with Crippen molar-refractivity contribution in [2.45, 2.75) is 12.3 Å². The SMILES string of the molecule is CC1SCCN1C(=O)c1cc(-c2ccco2)on1. The van der Waals surface area contributed by atoms with Gasteiger partial charge in [-0.05, 0) is 19.1 Å². The molecule has 6 heteroatoms.